The SMILES string of the molecule is Cn1ccc2cc(S(=O)(=O)N3CCC[C@@H](C(=O)NCCCN4CCCC4=O)C3)ccc21. The third-order valence-electron chi connectivity index (χ3n) is 6.32. The highest BCUT2D eigenvalue weighted by molar-refractivity contribution is 7.89. The van der Waals surface area contributed by atoms with E-state index in [0.29, 0.717) is 45.3 Å². The van der Waals surface area contributed by atoms with Gasteiger partial charge in [0.25, 0.3) is 0 Å². The van der Waals surface area contributed by atoms with E-state index in [9.17, 15) is 18.0 Å². The molecule has 0 saturated carbocycles. The van der Waals surface area contributed by atoms with E-state index in [1.165, 1.54) is 4.31 Å². The molecule has 2 aliphatic heterocycles. The van der Waals surface area contributed by atoms with Crippen molar-refractivity contribution < 1.29 is 18.0 Å². The number of rotatable bonds is 7. The van der Waals surface area contributed by atoms with Crippen LogP contribution in [0.4, 0.5) is 0 Å². The van der Waals surface area contributed by atoms with Crippen molar-refractivity contribution in [2.75, 3.05) is 32.7 Å². The Bertz CT molecular complexity index is 1080. The Morgan fingerprint density at radius 2 is 2.03 bits per heavy atom. The summed E-state index contributed by atoms with van der Waals surface area (Å²) in [6.07, 6.45) is 5.49. The Kier molecular flexibility index (Phi) is 6.34. The summed E-state index contributed by atoms with van der Waals surface area (Å²) in [5.74, 6) is -0.267. The quantitative estimate of drug-likeness (QED) is 0.656. The number of hydrogen-bond acceptors (Lipinski definition) is 4. The lowest BCUT2D eigenvalue weighted by Crippen LogP contribution is -2.45. The minimum Gasteiger partial charge on any atom is -0.356 e. The van der Waals surface area contributed by atoms with Gasteiger partial charge in [0, 0.05) is 63.3 Å². The predicted molar refractivity (Wildman–Crippen MR) is 118 cm³/mol. The molecule has 4 rings (SSSR count). The number of fused-ring (bicyclic) bond motifs is 1. The van der Waals surface area contributed by atoms with Crippen LogP contribution in [0.3, 0.4) is 0 Å². The summed E-state index contributed by atoms with van der Waals surface area (Å²) in [5, 5.41) is 3.81. The molecule has 1 atom stereocenters. The topological polar surface area (TPSA) is 91.7 Å². The molecule has 8 nitrogen and oxygen atoms in total. The maximum absolute atomic E-state index is 13.2. The first-order chi connectivity index (χ1) is 14.9. The lowest BCUT2D eigenvalue weighted by Gasteiger charge is -2.31. The summed E-state index contributed by atoms with van der Waals surface area (Å²) < 4.78 is 29.8. The summed E-state index contributed by atoms with van der Waals surface area (Å²) in [5.41, 5.74) is 0.977. The van der Waals surface area contributed by atoms with Gasteiger partial charge in [0.15, 0.2) is 0 Å². The largest absolute Gasteiger partial charge is 0.356 e. The van der Waals surface area contributed by atoms with Gasteiger partial charge in [0.1, 0.15) is 0 Å². The lowest BCUT2D eigenvalue weighted by atomic mass is 9.99. The minimum absolute atomic E-state index is 0.105. The highest BCUT2D eigenvalue weighted by Gasteiger charge is 2.33. The fourth-order valence-electron chi connectivity index (χ4n) is 4.51. The Morgan fingerprint density at radius 3 is 2.81 bits per heavy atom. The number of sulfonamides is 1. The lowest BCUT2D eigenvalue weighted by molar-refractivity contribution is -0.127. The van der Waals surface area contributed by atoms with Gasteiger partial charge >= 0.3 is 0 Å². The molecule has 2 aliphatic rings. The molecule has 2 fully saturated rings. The van der Waals surface area contributed by atoms with Crippen molar-refractivity contribution in [1.29, 1.82) is 0 Å². The molecule has 0 bridgehead atoms. The van der Waals surface area contributed by atoms with E-state index >= 15 is 0 Å². The van der Waals surface area contributed by atoms with Crippen LogP contribution in [0.25, 0.3) is 10.9 Å². The second-order valence-corrected chi connectivity index (χ2v) is 10.4. The van der Waals surface area contributed by atoms with E-state index in [-0.39, 0.29) is 29.2 Å². The molecule has 1 aromatic carbocycles. The standard InChI is InChI=1S/C22H30N4O4S/c1-24-14-9-17-15-19(7-8-20(17)24)31(29,30)26-13-2-5-18(16-26)22(28)23-10-4-12-25-11-3-6-21(25)27/h7-9,14-15,18H,2-6,10-13,16H2,1H3,(H,23,28)/t18-/m1/s1. The average molecular weight is 447 g/mol. The van der Waals surface area contributed by atoms with E-state index in [0.717, 1.165) is 23.9 Å². The summed E-state index contributed by atoms with van der Waals surface area (Å²) in [4.78, 5) is 26.4. The molecule has 2 aromatic rings. The monoisotopic (exact) mass is 446 g/mol. The first-order valence-electron chi connectivity index (χ1n) is 11.0. The summed E-state index contributed by atoms with van der Waals surface area (Å²) in [6.45, 7) is 2.58. The number of amides is 2. The molecule has 2 saturated heterocycles. The third-order valence-corrected chi connectivity index (χ3v) is 8.19. The van der Waals surface area contributed by atoms with Gasteiger partial charge in [-0.2, -0.15) is 4.31 Å². The molecule has 3 heterocycles. The second kappa shape index (κ2) is 9.00. The molecule has 0 aliphatic carbocycles. The van der Waals surface area contributed by atoms with Crippen molar-refractivity contribution in [2.24, 2.45) is 13.0 Å². The number of aryl methyl sites for hydroxylation is 1. The maximum atomic E-state index is 13.2. The first kappa shape index (κ1) is 21.8. The molecule has 0 unspecified atom stereocenters. The van der Waals surface area contributed by atoms with Crippen LogP contribution in [0.2, 0.25) is 0 Å². The van der Waals surface area contributed by atoms with Crippen molar-refractivity contribution >= 4 is 32.7 Å². The van der Waals surface area contributed by atoms with Crippen molar-refractivity contribution in [3.8, 4) is 0 Å². The van der Waals surface area contributed by atoms with E-state index < -0.39 is 10.0 Å². The van der Waals surface area contributed by atoms with E-state index in [4.69, 9.17) is 0 Å². The number of likely N-dealkylation sites (tertiary alicyclic amines) is 1. The molecule has 1 aromatic heterocycles. The van der Waals surface area contributed by atoms with Crippen molar-refractivity contribution in [3.63, 3.8) is 0 Å². The van der Waals surface area contributed by atoms with E-state index in [1.54, 1.807) is 12.1 Å². The van der Waals surface area contributed by atoms with Gasteiger partial charge in [-0.05, 0) is 49.9 Å². The van der Waals surface area contributed by atoms with E-state index in [2.05, 4.69) is 5.32 Å². The van der Waals surface area contributed by atoms with Crippen LogP contribution in [0.1, 0.15) is 32.1 Å². The van der Waals surface area contributed by atoms with Gasteiger partial charge in [-0.1, -0.05) is 0 Å². The Morgan fingerprint density at radius 1 is 1.19 bits per heavy atom. The van der Waals surface area contributed by atoms with E-state index in [1.807, 2.05) is 34.8 Å². The minimum atomic E-state index is -3.65. The molecule has 0 spiro atoms. The van der Waals surface area contributed by atoms with Crippen molar-refractivity contribution in [2.45, 2.75) is 37.0 Å². The molecule has 2 amide bonds. The third kappa shape index (κ3) is 4.62. The number of carbonyl (C=O) groups is 2. The van der Waals surface area contributed by atoms with Gasteiger partial charge < -0.3 is 14.8 Å². The van der Waals surface area contributed by atoms with Crippen LogP contribution in [-0.2, 0) is 26.7 Å². The molecule has 31 heavy (non-hydrogen) atoms. The van der Waals surface area contributed by atoms with Crippen LogP contribution < -0.4 is 5.32 Å². The first-order valence-corrected chi connectivity index (χ1v) is 12.4. The number of aromatic nitrogens is 1. The van der Waals surface area contributed by atoms with Gasteiger partial charge in [0.2, 0.25) is 21.8 Å². The van der Waals surface area contributed by atoms with Crippen LogP contribution in [0, 0.1) is 5.92 Å². The van der Waals surface area contributed by atoms with Crippen molar-refractivity contribution in [1.82, 2.24) is 19.1 Å². The summed E-state index contributed by atoms with van der Waals surface area (Å²) in [6, 6.07) is 7.06. The van der Waals surface area contributed by atoms with Crippen LogP contribution >= 0.6 is 0 Å². The number of nitrogens with zero attached hydrogens (tertiary/aromatic N) is 3. The van der Waals surface area contributed by atoms with Crippen LogP contribution in [0.5, 0.6) is 0 Å². The number of nitrogens with one attached hydrogen (secondary N) is 1. The fraction of sp³-hybridized carbons (Fsp3) is 0.545. The smallest absolute Gasteiger partial charge is 0.243 e. The maximum Gasteiger partial charge on any atom is 0.243 e. The normalized spacial score (nSPS) is 20.5. The number of carbonyl (C=O) groups excluding carboxylic acids is 2. The van der Waals surface area contributed by atoms with Gasteiger partial charge in [-0.3, -0.25) is 9.59 Å². The van der Waals surface area contributed by atoms with Crippen LogP contribution in [-0.4, -0.2) is 66.7 Å². The molecule has 1 N–H and O–H groups in total. The number of benzene rings is 1. The second-order valence-electron chi connectivity index (χ2n) is 8.48. The molecule has 0 radical (unpaired) electrons. The van der Waals surface area contributed by atoms with Crippen LogP contribution in [0.15, 0.2) is 35.4 Å². The van der Waals surface area contributed by atoms with Gasteiger partial charge in [-0.15, -0.1) is 0 Å². The zero-order valence-corrected chi connectivity index (χ0v) is 18.7. The zero-order valence-electron chi connectivity index (χ0n) is 17.9. The fourth-order valence-corrected chi connectivity index (χ4v) is 6.07. The summed E-state index contributed by atoms with van der Waals surface area (Å²) >= 11 is 0. The van der Waals surface area contributed by atoms with Crippen molar-refractivity contribution in [3.05, 3.63) is 30.5 Å². The summed E-state index contributed by atoms with van der Waals surface area (Å²) in [7, 11) is -1.73. The molecular formula is C22H30N4O4S. The van der Waals surface area contributed by atoms with Gasteiger partial charge in [0.05, 0.1) is 10.8 Å². The highest BCUT2D eigenvalue weighted by Crippen LogP contribution is 2.26. The molecular weight excluding hydrogens is 416 g/mol. The Labute approximate surface area is 183 Å². The number of hydrogen-bond donors (Lipinski definition) is 1. The average Bonchev–Trinajstić information content (AvgIpc) is 3.36. The Balaban J connectivity index is 1.34. The Hall–Kier alpha value is -2.39. The predicted octanol–water partition coefficient (Wildman–Crippen LogP) is 1.71. The number of piperidine rings is 1. The van der Waals surface area contributed by atoms with Gasteiger partial charge in [-0.25, -0.2) is 8.42 Å². The molecule has 9 heteroatoms. The molecule has 168 valence electrons. The highest BCUT2D eigenvalue weighted by atomic mass is 32.2. The zero-order chi connectivity index (χ0) is 22.0.